The van der Waals surface area contributed by atoms with Crippen molar-refractivity contribution in [1.29, 1.82) is 0 Å². The number of anilines is 2. The van der Waals surface area contributed by atoms with Crippen molar-refractivity contribution in [2.24, 2.45) is 5.73 Å². The van der Waals surface area contributed by atoms with Crippen molar-refractivity contribution in [2.75, 3.05) is 25.1 Å². The van der Waals surface area contributed by atoms with E-state index in [2.05, 4.69) is 9.88 Å². The van der Waals surface area contributed by atoms with Crippen molar-refractivity contribution in [3.05, 3.63) is 53.6 Å². The molecule has 0 bridgehead atoms. The van der Waals surface area contributed by atoms with Gasteiger partial charge < -0.3 is 10.5 Å². The standard InChI is InChI=1S/C20H25FN4O2/c1-14-3-5-16(12-23-14)25(20(22)26)19-11-15(4-6-18(19)21)13-24-9-7-17(27-2)8-10-24/h3-6,11-12,17H,7-10,13H2,1-2H3,(H2,22,26). The largest absolute Gasteiger partial charge is 0.381 e. The van der Waals surface area contributed by atoms with E-state index in [4.69, 9.17) is 10.5 Å². The van der Waals surface area contributed by atoms with E-state index in [9.17, 15) is 9.18 Å². The molecule has 0 unspecified atom stereocenters. The number of hydrogen-bond donors (Lipinski definition) is 1. The van der Waals surface area contributed by atoms with Crippen molar-refractivity contribution >= 4 is 17.4 Å². The molecule has 144 valence electrons. The maximum Gasteiger partial charge on any atom is 0.324 e. The molecule has 27 heavy (non-hydrogen) atoms. The summed E-state index contributed by atoms with van der Waals surface area (Å²) in [5.41, 5.74) is 7.84. The lowest BCUT2D eigenvalue weighted by Crippen LogP contribution is -2.36. The number of methoxy groups -OCH3 is 1. The summed E-state index contributed by atoms with van der Waals surface area (Å²) in [6.45, 7) is 4.37. The number of piperidine rings is 1. The molecular weight excluding hydrogens is 347 g/mol. The Morgan fingerprint density at radius 1 is 1.33 bits per heavy atom. The fourth-order valence-electron chi connectivity index (χ4n) is 3.37. The van der Waals surface area contributed by atoms with Crippen LogP contribution in [0, 0.1) is 12.7 Å². The van der Waals surface area contributed by atoms with Crippen LogP contribution in [0.4, 0.5) is 20.6 Å². The smallest absolute Gasteiger partial charge is 0.324 e. The first-order valence-electron chi connectivity index (χ1n) is 9.03. The summed E-state index contributed by atoms with van der Waals surface area (Å²) in [4.78, 5) is 19.7. The average molecular weight is 372 g/mol. The Morgan fingerprint density at radius 2 is 2.07 bits per heavy atom. The molecule has 0 saturated carbocycles. The number of carbonyl (C=O) groups is 1. The van der Waals surface area contributed by atoms with Gasteiger partial charge in [-0.1, -0.05) is 6.07 Å². The van der Waals surface area contributed by atoms with Gasteiger partial charge in [-0.2, -0.15) is 0 Å². The van der Waals surface area contributed by atoms with E-state index >= 15 is 0 Å². The van der Waals surface area contributed by atoms with E-state index in [1.165, 1.54) is 12.3 Å². The molecule has 2 N–H and O–H groups in total. The number of halogens is 1. The second-order valence-electron chi connectivity index (χ2n) is 6.83. The normalized spacial score (nSPS) is 15.7. The maximum absolute atomic E-state index is 14.5. The van der Waals surface area contributed by atoms with Crippen molar-refractivity contribution in [1.82, 2.24) is 9.88 Å². The van der Waals surface area contributed by atoms with Gasteiger partial charge in [0.1, 0.15) is 5.82 Å². The van der Waals surface area contributed by atoms with Crippen LogP contribution in [0.2, 0.25) is 0 Å². The molecule has 0 radical (unpaired) electrons. The van der Waals surface area contributed by atoms with Crippen LogP contribution < -0.4 is 10.6 Å². The number of hydrogen-bond acceptors (Lipinski definition) is 4. The number of urea groups is 1. The molecule has 7 heteroatoms. The van der Waals surface area contributed by atoms with Crippen molar-refractivity contribution < 1.29 is 13.9 Å². The lowest BCUT2D eigenvalue weighted by atomic mass is 10.1. The third-order valence-electron chi connectivity index (χ3n) is 4.90. The van der Waals surface area contributed by atoms with Gasteiger partial charge in [-0.25, -0.2) is 9.18 Å². The number of amides is 2. The highest BCUT2D eigenvalue weighted by Gasteiger charge is 2.22. The number of primary amides is 1. The monoisotopic (exact) mass is 372 g/mol. The van der Waals surface area contributed by atoms with Gasteiger partial charge in [-0.05, 0) is 49.6 Å². The molecule has 0 spiro atoms. The lowest BCUT2D eigenvalue weighted by Gasteiger charge is -2.31. The quantitative estimate of drug-likeness (QED) is 0.874. The summed E-state index contributed by atoms with van der Waals surface area (Å²) in [5, 5.41) is 0. The van der Waals surface area contributed by atoms with Crippen LogP contribution in [0.25, 0.3) is 0 Å². The minimum Gasteiger partial charge on any atom is -0.381 e. The summed E-state index contributed by atoms with van der Waals surface area (Å²) in [6.07, 6.45) is 3.78. The third-order valence-corrected chi connectivity index (χ3v) is 4.90. The molecule has 1 aliphatic heterocycles. The zero-order valence-electron chi connectivity index (χ0n) is 15.7. The Labute approximate surface area is 158 Å². The highest BCUT2D eigenvalue weighted by Crippen LogP contribution is 2.29. The number of pyridine rings is 1. The number of nitrogens with zero attached hydrogens (tertiary/aromatic N) is 3. The Bertz CT molecular complexity index is 789. The second-order valence-corrected chi connectivity index (χ2v) is 6.83. The summed E-state index contributed by atoms with van der Waals surface area (Å²) < 4.78 is 19.9. The first-order valence-corrected chi connectivity index (χ1v) is 9.03. The van der Waals surface area contributed by atoms with Crippen molar-refractivity contribution in [2.45, 2.75) is 32.4 Å². The van der Waals surface area contributed by atoms with Crippen LogP contribution >= 0.6 is 0 Å². The third kappa shape index (κ3) is 4.61. The Hall–Kier alpha value is -2.51. The lowest BCUT2D eigenvalue weighted by molar-refractivity contribution is 0.0388. The first kappa shape index (κ1) is 19.3. The summed E-state index contributed by atoms with van der Waals surface area (Å²) in [5.74, 6) is -0.504. The van der Waals surface area contributed by atoms with E-state index in [0.717, 1.165) is 42.1 Å². The van der Waals surface area contributed by atoms with E-state index < -0.39 is 11.8 Å². The zero-order valence-corrected chi connectivity index (χ0v) is 15.7. The molecule has 1 aromatic heterocycles. The molecule has 1 fully saturated rings. The molecule has 0 atom stereocenters. The van der Waals surface area contributed by atoms with Gasteiger partial charge in [0, 0.05) is 32.4 Å². The number of benzene rings is 1. The predicted molar refractivity (Wildman–Crippen MR) is 102 cm³/mol. The molecule has 6 nitrogen and oxygen atoms in total. The van der Waals surface area contributed by atoms with Gasteiger partial charge >= 0.3 is 6.03 Å². The molecule has 2 aromatic rings. The van der Waals surface area contributed by atoms with Crippen LogP contribution in [0.3, 0.4) is 0 Å². The Balaban J connectivity index is 1.83. The molecular formula is C20H25FN4O2. The number of rotatable bonds is 5. The molecule has 2 amide bonds. The summed E-state index contributed by atoms with van der Waals surface area (Å²) in [7, 11) is 1.74. The highest BCUT2D eigenvalue weighted by atomic mass is 19.1. The fraction of sp³-hybridized carbons (Fsp3) is 0.400. The zero-order chi connectivity index (χ0) is 19.4. The molecule has 1 aromatic carbocycles. The number of nitrogens with two attached hydrogens (primary N) is 1. The molecule has 3 rings (SSSR count). The average Bonchev–Trinajstić information content (AvgIpc) is 2.66. The number of ether oxygens (including phenoxy) is 1. The molecule has 2 heterocycles. The van der Waals surface area contributed by atoms with E-state index in [-0.39, 0.29) is 5.69 Å². The molecule has 0 aliphatic carbocycles. The van der Waals surface area contributed by atoms with Crippen LogP contribution in [-0.4, -0.2) is 42.2 Å². The topological polar surface area (TPSA) is 71.7 Å². The fourth-order valence-corrected chi connectivity index (χ4v) is 3.37. The van der Waals surface area contributed by atoms with Crippen LogP contribution in [-0.2, 0) is 11.3 Å². The van der Waals surface area contributed by atoms with E-state index in [1.807, 2.05) is 6.92 Å². The van der Waals surface area contributed by atoms with Gasteiger partial charge in [0.15, 0.2) is 0 Å². The van der Waals surface area contributed by atoms with Gasteiger partial charge in [0.05, 0.1) is 23.7 Å². The molecule has 1 saturated heterocycles. The number of likely N-dealkylation sites (tertiary alicyclic amines) is 1. The van der Waals surface area contributed by atoms with Gasteiger partial charge in [0.2, 0.25) is 0 Å². The van der Waals surface area contributed by atoms with Crippen molar-refractivity contribution in [3.63, 3.8) is 0 Å². The van der Waals surface area contributed by atoms with E-state index in [0.29, 0.717) is 18.3 Å². The first-order chi connectivity index (χ1) is 13.0. The SMILES string of the molecule is COC1CCN(Cc2ccc(F)c(N(C(N)=O)c3ccc(C)nc3)c2)CC1. The highest BCUT2D eigenvalue weighted by molar-refractivity contribution is 5.98. The minimum absolute atomic E-state index is 0.137. The number of aryl methyl sites for hydroxylation is 1. The summed E-state index contributed by atoms with van der Waals surface area (Å²) in [6, 6.07) is 7.51. The number of aromatic nitrogens is 1. The second kappa shape index (κ2) is 8.45. The minimum atomic E-state index is -0.752. The van der Waals surface area contributed by atoms with Crippen LogP contribution in [0.15, 0.2) is 36.5 Å². The summed E-state index contributed by atoms with van der Waals surface area (Å²) >= 11 is 0. The van der Waals surface area contributed by atoms with Gasteiger partial charge in [-0.3, -0.25) is 14.8 Å². The van der Waals surface area contributed by atoms with Crippen molar-refractivity contribution in [3.8, 4) is 0 Å². The molecule has 1 aliphatic rings. The van der Waals surface area contributed by atoms with Crippen LogP contribution in [0.5, 0.6) is 0 Å². The Kier molecular flexibility index (Phi) is 6.03. The number of carbonyl (C=O) groups excluding carboxylic acids is 1. The van der Waals surface area contributed by atoms with Gasteiger partial charge in [0.25, 0.3) is 0 Å². The predicted octanol–water partition coefficient (Wildman–Crippen LogP) is 3.36. The van der Waals surface area contributed by atoms with Gasteiger partial charge in [-0.15, -0.1) is 0 Å². The maximum atomic E-state index is 14.5. The van der Waals surface area contributed by atoms with E-state index in [1.54, 1.807) is 31.4 Å². The Morgan fingerprint density at radius 3 is 2.67 bits per heavy atom. The van der Waals surface area contributed by atoms with Crippen LogP contribution in [0.1, 0.15) is 24.1 Å².